The Morgan fingerprint density at radius 3 is 2.07 bits per heavy atom. The van der Waals surface area contributed by atoms with E-state index in [1.807, 2.05) is 45.0 Å². The van der Waals surface area contributed by atoms with Crippen LogP contribution in [0.3, 0.4) is 0 Å². The van der Waals surface area contributed by atoms with Crippen LogP contribution in [0.25, 0.3) is 11.1 Å². The van der Waals surface area contributed by atoms with E-state index in [0.717, 1.165) is 39.8 Å². The first kappa shape index (κ1) is 18.4. The lowest BCUT2D eigenvalue weighted by molar-refractivity contribution is 0.103. The van der Waals surface area contributed by atoms with Gasteiger partial charge >= 0.3 is 0 Å². The lowest BCUT2D eigenvalue weighted by atomic mass is 9.92. The highest BCUT2D eigenvalue weighted by molar-refractivity contribution is 6.11. The van der Waals surface area contributed by atoms with Gasteiger partial charge in [0.2, 0.25) is 0 Å². The van der Waals surface area contributed by atoms with Crippen molar-refractivity contribution in [2.24, 2.45) is 0 Å². The summed E-state index contributed by atoms with van der Waals surface area (Å²) in [6, 6.07) is 18.4. The third-order valence-corrected chi connectivity index (χ3v) is 5.88. The Labute approximate surface area is 166 Å². The summed E-state index contributed by atoms with van der Waals surface area (Å²) >= 11 is 0. The smallest absolute Gasteiger partial charge is 0.193 e. The number of aryl methyl sites for hydroxylation is 2. The Morgan fingerprint density at radius 2 is 1.50 bits per heavy atom. The van der Waals surface area contributed by atoms with Crippen molar-refractivity contribution in [2.45, 2.75) is 40.0 Å². The first-order chi connectivity index (χ1) is 13.4. The second kappa shape index (κ2) is 6.87. The van der Waals surface area contributed by atoms with Crippen LogP contribution in [0.4, 0.5) is 0 Å². The maximum atomic E-state index is 13.2. The summed E-state index contributed by atoms with van der Waals surface area (Å²) < 4.78 is 0. The molecule has 1 aliphatic carbocycles. The van der Waals surface area contributed by atoms with Crippen LogP contribution >= 0.6 is 0 Å². The third kappa shape index (κ3) is 2.90. The van der Waals surface area contributed by atoms with Crippen molar-refractivity contribution in [2.75, 3.05) is 0 Å². The van der Waals surface area contributed by atoms with Crippen LogP contribution < -0.4 is 0 Å². The second-order valence-corrected chi connectivity index (χ2v) is 7.84. The van der Waals surface area contributed by atoms with Crippen LogP contribution in [0.2, 0.25) is 0 Å². The Kier molecular flexibility index (Phi) is 4.50. The van der Waals surface area contributed by atoms with Gasteiger partial charge in [-0.25, -0.2) is 0 Å². The van der Waals surface area contributed by atoms with E-state index in [9.17, 15) is 4.79 Å². The van der Waals surface area contributed by atoms with Gasteiger partial charge in [-0.2, -0.15) is 0 Å². The fraction of sp³-hybridized carbons (Fsp3) is 0.231. The fourth-order valence-electron chi connectivity index (χ4n) is 4.39. The molecule has 0 bridgehead atoms. The van der Waals surface area contributed by atoms with E-state index in [-0.39, 0.29) is 5.78 Å². The van der Waals surface area contributed by atoms with Gasteiger partial charge in [0, 0.05) is 22.8 Å². The molecule has 0 saturated heterocycles. The molecule has 0 fully saturated rings. The zero-order chi connectivity index (χ0) is 20.0. The molecule has 3 aromatic carbocycles. The van der Waals surface area contributed by atoms with Crippen LogP contribution in [0.5, 0.6) is 0 Å². The summed E-state index contributed by atoms with van der Waals surface area (Å²) in [6.45, 7) is 8.06. The Balaban J connectivity index is 1.84. The molecule has 0 amide bonds. The third-order valence-electron chi connectivity index (χ3n) is 5.88. The number of ketones is 1. The average Bonchev–Trinajstić information content (AvgIpc) is 2.99. The minimum Gasteiger partial charge on any atom is -0.305 e. The van der Waals surface area contributed by atoms with E-state index in [1.165, 1.54) is 16.7 Å². The minimum atomic E-state index is 0.0705. The monoisotopic (exact) mass is 367 g/mol. The highest BCUT2D eigenvalue weighted by Gasteiger charge is 2.28. The molecular weight excluding hydrogens is 342 g/mol. The van der Waals surface area contributed by atoms with E-state index < -0.39 is 0 Å². The van der Waals surface area contributed by atoms with Gasteiger partial charge in [0.1, 0.15) is 0 Å². The van der Waals surface area contributed by atoms with Crippen LogP contribution in [-0.4, -0.2) is 11.5 Å². The molecule has 28 heavy (non-hydrogen) atoms. The molecule has 140 valence electrons. The minimum absolute atomic E-state index is 0.0705. The van der Waals surface area contributed by atoms with E-state index in [2.05, 4.69) is 37.3 Å². The van der Waals surface area contributed by atoms with Crippen molar-refractivity contribution in [3.8, 4) is 11.1 Å². The standard InChI is InChI=1S/C26H25NO/c1-5-20-22-10-7-18(17(4)27)13-24(22)25-14-19(8-11-23(20)25)26(28)21-9-6-15(2)12-16(21)3/h6-14,20,27H,5H2,1-4H3. The summed E-state index contributed by atoms with van der Waals surface area (Å²) in [6.07, 6.45) is 1.02. The van der Waals surface area contributed by atoms with Gasteiger partial charge in [-0.1, -0.05) is 55.0 Å². The molecule has 0 saturated carbocycles. The molecule has 1 N–H and O–H groups in total. The molecule has 1 aliphatic rings. The fourth-order valence-corrected chi connectivity index (χ4v) is 4.39. The molecular formula is C26H25NO. The van der Waals surface area contributed by atoms with Crippen molar-refractivity contribution < 1.29 is 4.79 Å². The number of hydrogen-bond acceptors (Lipinski definition) is 2. The van der Waals surface area contributed by atoms with Crippen LogP contribution in [0.15, 0.2) is 54.6 Å². The maximum Gasteiger partial charge on any atom is 0.193 e. The van der Waals surface area contributed by atoms with E-state index in [0.29, 0.717) is 11.6 Å². The summed E-state index contributed by atoms with van der Waals surface area (Å²) in [7, 11) is 0. The second-order valence-electron chi connectivity index (χ2n) is 7.84. The van der Waals surface area contributed by atoms with E-state index >= 15 is 0 Å². The molecule has 1 unspecified atom stereocenters. The van der Waals surface area contributed by atoms with Crippen molar-refractivity contribution in [3.05, 3.63) is 93.5 Å². The van der Waals surface area contributed by atoms with Crippen LogP contribution in [0.1, 0.15) is 69.9 Å². The summed E-state index contributed by atoms with van der Waals surface area (Å²) in [4.78, 5) is 13.2. The average molecular weight is 367 g/mol. The van der Waals surface area contributed by atoms with Gasteiger partial charge in [-0.3, -0.25) is 4.79 Å². The molecule has 0 aromatic heterocycles. The lowest BCUT2D eigenvalue weighted by Gasteiger charge is -2.11. The summed E-state index contributed by atoms with van der Waals surface area (Å²) in [5.41, 5.74) is 10.1. The maximum absolute atomic E-state index is 13.2. The molecule has 0 spiro atoms. The highest BCUT2D eigenvalue weighted by Crippen LogP contribution is 2.47. The lowest BCUT2D eigenvalue weighted by Crippen LogP contribution is -2.04. The molecule has 1 atom stereocenters. The van der Waals surface area contributed by atoms with Gasteiger partial charge in [0.25, 0.3) is 0 Å². The molecule has 2 nitrogen and oxygen atoms in total. The number of nitrogens with one attached hydrogen (secondary N) is 1. The number of carbonyl (C=O) groups is 1. The normalized spacial score (nSPS) is 14.5. The number of rotatable bonds is 4. The topological polar surface area (TPSA) is 40.9 Å². The first-order valence-electron chi connectivity index (χ1n) is 9.86. The van der Waals surface area contributed by atoms with Gasteiger partial charge in [0.15, 0.2) is 5.78 Å². The molecule has 0 heterocycles. The predicted octanol–water partition coefficient (Wildman–Crippen LogP) is 6.44. The van der Waals surface area contributed by atoms with Gasteiger partial charge < -0.3 is 5.41 Å². The zero-order valence-corrected chi connectivity index (χ0v) is 16.9. The Hall–Kier alpha value is -3.00. The van der Waals surface area contributed by atoms with Gasteiger partial charge in [-0.05, 0) is 72.7 Å². The van der Waals surface area contributed by atoms with Crippen LogP contribution in [-0.2, 0) is 0 Å². The highest BCUT2D eigenvalue weighted by atomic mass is 16.1. The van der Waals surface area contributed by atoms with Crippen LogP contribution in [0, 0.1) is 19.3 Å². The Morgan fingerprint density at radius 1 is 0.893 bits per heavy atom. The van der Waals surface area contributed by atoms with Gasteiger partial charge in [0.05, 0.1) is 0 Å². The number of fused-ring (bicyclic) bond motifs is 3. The van der Waals surface area contributed by atoms with Crippen molar-refractivity contribution in [1.29, 1.82) is 5.41 Å². The first-order valence-corrected chi connectivity index (χ1v) is 9.86. The molecule has 3 aromatic rings. The largest absolute Gasteiger partial charge is 0.305 e. The van der Waals surface area contributed by atoms with Crippen molar-refractivity contribution >= 4 is 11.5 Å². The zero-order valence-electron chi connectivity index (χ0n) is 16.9. The molecule has 0 aliphatic heterocycles. The molecule has 0 radical (unpaired) electrons. The number of hydrogen-bond donors (Lipinski definition) is 1. The van der Waals surface area contributed by atoms with Crippen molar-refractivity contribution in [1.82, 2.24) is 0 Å². The number of carbonyl (C=O) groups excluding carboxylic acids is 1. The summed E-state index contributed by atoms with van der Waals surface area (Å²) in [5.74, 6) is 0.427. The SMILES string of the molecule is CCC1c2ccc(C(C)=N)cc2-c2cc(C(=O)c3ccc(C)cc3C)ccc21. The summed E-state index contributed by atoms with van der Waals surface area (Å²) in [5, 5.41) is 7.99. The van der Waals surface area contributed by atoms with E-state index in [1.54, 1.807) is 0 Å². The molecule has 4 rings (SSSR count). The van der Waals surface area contributed by atoms with Gasteiger partial charge in [-0.15, -0.1) is 0 Å². The number of benzene rings is 3. The Bertz CT molecular complexity index is 1120. The van der Waals surface area contributed by atoms with Crippen molar-refractivity contribution in [3.63, 3.8) is 0 Å². The predicted molar refractivity (Wildman–Crippen MR) is 116 cm³/mol. The quantitative estimate of drug-likeness (QED) is 0.418. The van der Waals surface area contributed by atoms with E-state index in [4.69, 9.17) is 5.41 Å². The molecule has 2 heteroatoms.